The molecule has 2 rings (SSSR count). The molecule has 3 nitrogen and oxygen atoms in total. The van der Waals surface area contributed by atoms with Gasteiger partial charge in [0.1, 0.15) is 5.75 Å². The number of amides is 1. The molecule has 0 aliphatic rings. The van der Waals surface area contributed by atoms with Gasteiger partial charge in [0, 0.05) is 6.54 Å². The van der Waals surface area contributed by atoms with E-state index in [-0.39, 0.29) is 5.91 Å². The van der Waals surface area contributed by atoms with Gasteiger partial charge in [0.2, 0.25) is 0 Å². The van der Waals surface area contributed by atoms with E-state index in [1.54, 1.807) is 0 Å². The van der Waals surface area contributed by atoms with Gasteiger partial charge in [-0.15, -0.1) is 0 Å². The Kier molecular flexibility index (Phi) is 7.26. The Morgan fingerprint density at radius 2 is 1.73 bits per heavy atom. The Balaban J connectivity index is 2.04. The Bertz CT molecular complexity index is 752. The first-order chi connectivity index (χ1) is 12.5. The van der Waals surface area contributed by atoms with Crippen LogP contribution in [0.15, 0.2) is 36.4 Å². The Morgan fingerprint density at radius 3 is 2.35 bits per heavy atom. The highest BCUT2D eigenvalue weighted by atomic mass is 16.5. The molecule has 0 radical (unpaired) electrons. The predicted octanol–water partition coefficient (Wildman–Crippen LogP) is 4.90. The SMILES string of the molecule is CCc1ccc(CC)c(CNC(=O)[C@H](CC)Oc2ccc(C)c(C)c2)c1. The van der Waals surface area contributed by atoms with Gasteiger partial charge >= 0.3 is 0 Å². The number of benzene rings is 2. The third-order valence-corrected chi connectivity index (χ3v) is 4.93. The van der Waals surface area contributed by atoms with E-state index in [1.807, 2.05) is 25.1 Å². The van der Waals surface area contributed by atoms with E-state index >= 15 is 0 Å². The van der Waals surface area contributed by atoms with Crippen LogP contribution in [0.3, 0.4) is 0 Å². The van der Waals surface area contributed by atoms with Crippen LogP contribution in [0.5, 0.6) is 5.75 Å². The maximum atomic E-state index is 12.6. The molecule has 0 unspecified atom stereocenters. The molecular weight excluding hydrogens is 322 g/mol. The highest BCUT2D eigenvalue weighted by Gasteiger charge is 2.18. The lowest BCUT2D eigenvalue weighted by Gasteiger charge is -2.19. The fourth-order valence-electron chi connectivity index (χ4n) is 2.98. The van der Waals surface area contributed by atoms with Crippen LogP contribution in [-0.4, -0.2) is 12.0 Å². The van der Waals surface area contributed by atoms with Crippen LogP contribution in [0.2, 0.25) is 0 Å². The van der Waals surface area contributed by atoms with Gasteiger partial charge in [-0.2, -0.15) is 0 Å². The topological polar surface area (TPSA) is 38.3 Å². The fraction of sp³-hybridized carbons (Fsp3) is 0.435. The molecule has 1 N–H and O–H groups in total. The minimum atomic E-state index is -0.475. The van der Waals surface area contributed by atoms with E-state index in [0.717, 1.165) is 18.6 Å². The molecule has 1 atom stereocenters. The number of carbonyl (C=O) groups excluding carboxylic acids is 1. The van der Waals surface area contributed by atoms with Gasteiger partial charge in [0.05, 0.1) is 0 Å². The van der Waals surface area contributed by atoms with Crippen LogP contribution < -0.4 is 10.1 Å². The number of hydrogen-bond donors (Lipinski definition) is 1. The summed E-state index contributed by atoms with van der Waals surface area (Å²) in [5, 5.41) is 3.06. The van der Waals surface area contributed by atoms with E-state index in [2.05, 4.69) is 51.2 Å². The van der Waals surface area contributed by atoms with Gasteiger partial charge in [-0.25, -0.2) is 0 Å². The smallest absolute Gasteiger partial charge is 0.261 e. The Hall–Kier alpha value is -2.29. The van der Waals surface area contributed by atoms with Gasteiger partial charge in [-0.05, 0) is 73.1 Å². The summed E-state index contributed by atoms with van der Waals surface area (Å²) in [6.45, 7) is 10.9. The zero-order valence-corrected chi connectivity index (χ0v) is 16.7. The van der Waals surface area contributed by atoms with Crippen LogP contribution >= 0.6 is 0 Å². The second-order valence-corrected chi connectivity index (χ2v) is 6.79. The standard InChI is InChI=1S/C23H31NO2/c1-6-18-10-11-19(7-2)20(14-18)15-24-23(25)22(8-3)26-21-12-9-16(4)17(5)13-21/h9-14,22H,6-8,15H2,1-5H3,(H,24,25)/t22-/m0/s1. The molecule has 0 aliphatic carbocycles. The average molecular weight is 354 g/mol. The molecule has 140 valence electrons. The molecule has 0 bridgehead atoms. The van der Waals surface area contributed by atoms with E-state index in [4.69, 9.17) is 4.74 Å². The summed E-state index contributed by atoms with van der Waals surface area (Å²) < 4.78 is 5.94. The lowest BCUT2D eigenvalue weighted by molar-refractivity contribution is -0.128. The van der Waals surface area contributed by atoms with Crippen molar-refractivity contribution in [2.24, 2.45) is 0 Å². The average Bonchev–Trinajstić information content (AvgIpc) is 2.66. The van der Waals surface area contributed by atoms with Crippen molar-refractivity contribution in [2.75, 3.05) is 0 Å². The Labute approximate surface area is 157 Å². The zero-order valence-electron chi connectivity index (χ0n) is 16.7. The molecule has 3 heteroatoms. The van der Waals surface area contributed by atoms with Crippen molar-refractivity contribution in [3.8, 4) is 5.75 Å². The number of aryl methyl sites for hydroxylation is 4. The van der Waals surface area contributed by atoms with E-state index in [1.165, 1.54) is 27.8 Å². The van der Waals surface area contributed by atoms with Crippen molar-refractivity contribution in [1.82, 2.24) is 5.32 Å². The second-order valence-electron chi connectivity index (χ2n) is 6.79. The number of hydrogen-bond acceptors (Lipinski definition) is 2. The number of rotatable bonds is 8. The van der Waals surface area contributed by atoms with Crippen LogP contribution in [0.25, 0.3) is 0 Å². The quantitative estimate of drug-likeness (QED) is 0.733. The third-order valence-electron chi connectivity index (χ3n) is 4.93. The molecule has 2 aromatic rings. The van der Waals surface area contributed by atoms with Gasteiger partial charge < -0.3 is 10.1 Å². The van der Waals surface area contributed by atoms with Gasteiger partial charge in [0.15, 0.2) is 6.10 Å². The van der Waals surface area contributed by atoms with Crippen molar-refractivity contribution < 1.29 is 9.53 Å². The molecule has 0 aromatic heterocycles. The molecule has 2 aromatic carbocycles. The number of ether oxygens (including phenoxy) is 1. The van der Waals surface area contributed by atoms with Crippen molar-refractivity contribution in [3.05, 3.63) is 64.2 Å². The summed E-state index contributed by atoms with van der Waals surface area (Å²) in [6, 6.07) is 12.5. The fourth-order valence-corrected chi connectivity index (χ4v) is 2.98. The number of nitrogens with one attached hydrogen (secondary N) is 1. The highest BCUT2D eigenvalue weighted by Crippen LogP contribution is 2.19. The summed E-state index contributed by atoms with van der Waals surface area (Å²) in [4.78, 5) is 12.6. The minimum absolute atomic E-state index is 0.0605. The first-order valence-corrected chi connectivity index (χ1v) is 9.60. The van der Waals surface area contributed by atoms with E-state index in [0.29, 0.717) is 13.0 Å². The minimum Gasteiger partial charge on any atom is -0.481 e. The first kappa shape index (κ1) is 20.0. The molecule has 1 amide bonds. The summed E-state index contributed by atoms with van der Waals surface area (Å²) in [6.07, 6.45) is 2.12. The van der Waals surface area contributed by atoms with Crippen molar-refractivity contribution in [2.45, 2.75) is 66.5 Å². The largest absolute Gasteiger partial charge is 0.481 e. The monoisotopic (exact) mass is 353 g/mol. The van der Waals surface area contributed by atoms with Gasteiger partial charge in [-0.1, -0.05) is 45.0 Å². The van der Waals surface area contributed by atoms with E-state index in [9.17, 15) is 4.79 Å². The summed E-state index contributed by atoms with van der Waals surface area (Å²) in [7, 11) is 0. The maximum Gasteiger partial charge on any atom is 0.261 e. The molecule has 0 aliphatic heterocycles. The molecular formula is C23H31NO2. The van der Waals surface area contributed by atoms with Crippen LogP contribution in [0.4, 0.5) is 0 Å². The third kappa shape index (κ3) is 5.10. The second kappa shape index (κ2) is 9.42. The molecule has 0 spiro atoms. The van der Waals surface area contributed by atoms with Crippen LogP contribution in [-0.2, 0) is 24.2 Å². The Morgan fingerprint density at radius 1 is 0.962 bits per heavy atom. The van der Waals surface area contributed by atoms with Gasteiger partial charge in [0.25, 0.3) is 5.91 Å². The lowest BCUT2D eigenvalue weighted by Crippen LogP contribution is -2.37. The zero-order chi connectivity index (χ0) is 19.1. The van der Waals surface area contributed by atoms with Crippen LogP contribution in [0.1, 0.15) is 55.0 Å². The summed E-state index contributed by atoms with van der Waals surface area (Å²) in [5.74, 6) is 0.687. The highest BCUT2D eigenvalue weighted by molar-refractivity contribution is 5.81. The van der Waals surface area contributed by atoms with Crippen molar-refractivity contribution in [3.63, 3.8) is 0 Å². The van der Waals surface area contributed by atoms with Crippen molar-refractivity contribution in [1.29, 1.82) is 0 Å². The van der Waals surface area contributed by atoms with Crippen LogP contribution in [0, 0.1) is 13.8 Å². The predicted molar refractivity (Wildman–Crippen MR) is 108 cm³/mol. The van der Waals surface area contributed by atoms with E-state index < -0.39 is 6.10 Å². The first-order valence-electron chi connectivity index (χ1n) is 9.60. The maximum absolute atomic E-state index is 12.6. The molecule has 0 saturated heterocycles. The number of carbonyl (C=O) groups is 1. The summed E-state index contributed by atoms with van der Waals surface area (Å²) in [5.41, 5.74) is 6.16. The molecule has 0 saturated carbocycles. The molecule has 26 heavy (non-hydrogen) atoms. The van der Waals surface area contributed by atoms with Gasteiger partial charge in [-0.3, -0.25) is 4.79 Å². The lowest BCUT2D eigenvalue weighted by atomic mass is 10.0. The molecule has 0 heterocycles. The molecule has 0 fully saturated rings. The normalized spacial score (nSPS) is 11.9. The summed E-state index contributed by atoms with van der Waals surface area (Å²) >= 11 is 0. The van der Waals surface area contributed by atoms with Crippen molar-refractivity contribution >= 4 is 5.91 Å².